The smallest absolute Gasteiger partial charge is 0.252 e. The van der Waals surface area contributed by atoms with Crippen molar-refractivity contribution in [2.45, 2.75) is 37.8 Å². The van der Waals surface area contributed by atoms with E-state index in [4.69, 9.17) is 14.6 Å². The van der Waals surface area contributed by atoms with Crippen LogP contribution in [0, 0.1) is 0 Å². The minimum absolute atomic E-state index is 0.000303. The topological polar surface area (TPSA) is 108 Å². The van der Waals surface area contributed by atoms with E-state index >= 15 is 0 Å². The molecule has 0 heterocycles. The summed E-state index contributed by atoms with van der Waals surface area (Å²) in [6, 6.07) is 9.09. The fraction of sp³-hybridized carbons (Fsp3) is 0.316. The molecule has 2 aromatic carbocycles. The normalized spacial score (nSPS) is 12.5. The Morgan fingerprint density at radius 3 is 2.36 bits per heavy atom. The van der Waals surface area contributed by atoms with Gasteiger partial charge in [0.2, 0.25) is 10.0 Å². The largest absolute Gasteiger partial charge is 0.493 e. The summed E-state index contributed by atoms with van der Waals surface area (Å²) < 4.78 is 34.6. The van der Waals surface area contributed by atoms with Crippen LogP contribution in [-0.4, -0.2) is 27.5 Å². The molecule has 28 heavy (non-hydrogen) atoms. The summed E-state index contributed by atoms with van der Waals surface area (Å²) in [7, 11) is -2.36. The van der Waals surface area contributed by atoms with Gasteiger partial charge in [0.15, 0.2) is 11.5 Å². The van der Waals surface area contributed by atoms with Gasteiger partial charge < -0.3 is 14.8 Å². The predicted molar refractivity (Wildman–Crippen MR) is 110 cm³/mol. The molecule has 0 spiro atoms. The Balaban J connectivity index is 2.25. The molecule has 1 amide bonds. The van der Waals surface area contributed by atoms with Gasteiger partial charge in [-0.15, -0.1) is 0 Å². The molecular weight excluding hydrogens is 448 g/mol. The molecule has 9 heteroatoms. The molecule has 0 bridgehead atoms. The van der Waals surface area contributed by atoms with Crippen LogP contribution in [0.1, 0.15) is 42.7 Å². The minimum atomic E-state index is -3.91. The van der Waals surface area contributed by atoms with Gasteiger partial charge in [0.25, 0.3) is 5.91 Å². The highest BCUT2D eigenvalue weighted by Gasteiger charge is 2.19. The number of rotatable bonds is 7. The standard InChI is InChI=1S/C19H23BrN2O5S/c1-11(2)27-17-8-5-13(9-18(17)26-4)12(3)22-19(23)15-10-14(28(21,24)25)6-7-16(15)20/h5-12H,1-4H3,(H,22,23)(H2,21,24,25). The molecule has 0 radical (unpaired) electrons. The van der Waals surface area contributed by atoms with Gasteiger partial charge in [-0.2, -0.15) is 0 Å². The number of carbonyl (C=O) groups excluding carboxylic acids is 1. The number of primary sulfonamides is 1. The van der Waals surface area contributed by atoms with E-state index in [0.717, 1.165) is 5.56 Å². The zero-order chi connectivity index (χ0) is 21.1. The first-order valence-electron chi connectivity index (χ1n) is 8.50. The third kappa shape index (κ3) is 5.46. The number of nitrogens with one attached hydrogen (secondary N) is 1. The fourth-order valence-corrected chi connectivity index (χ4v) is 3.48. The average Bonchev–Trinajstić information content (AvgIpc) is 2.60. The lowest BCUT2D eigenvalue weighted by atomic mass is 10.1. The molecule has 0 aromatic heterocycles. The van der Waals surface area contributed by atoms with E-state index in [1.165, 1.54) is 18.2 Å². The zero-order valence-electron chi connectivity index (χ0n) is 16.0. The van der Waals surface area contributed by atoms with Gasteiger partial charge in [-0.1, -0.05) is 6.07 Å². The number of ether oxygens (including phenoxy) is 2. The lowest BCUT2D eigenvalue weighted by Gasteiger charge is -2.18. The number of benzene rings is 2. The van der Waals surface area contributed by atoms with Crippen LogP contribution in [-0.2, 0) is 10.0 Å². The first kappa shape index (κ1) is 22.2. The van der Waals surface area contributed by atoms with Crippen molar-refractivity contribution in [1.29, 1.82) is 0 Å². The van der Waals surface area contributed by atoms with Crippen LogP contribution in [0.15, 0.2) is 45.8 Å². The maximum Gasteiger partial charge on any atom is 0.252 e. The van der Waals surface area contributed by atoms with Gasteiger partial charge in [-0.3, -0.25) is 4.79 Å². The van der Waals surface area contributed by atoms with Gasteiger partial charge in [0.1, 0.15) is 0 Å². The maximum absolute atomic E-state index is 12.7. The summed E-state index contributed by atoms with van der Waals surface area (Å²) in [4.78, 5) is 12.5. The molecule has 0 aliphatic carbocycles. The number of carbonyl (C=O) groups is 1. The van der Waals surface area contributed by atoms with E-state index in [1.54, 1.807) is 19.2 Å². The second-order valence-electron chi connectivity index (χ2n) is 6.46. The van der Waals surface area contributed by atoms with Gasteiger partial charge in [0.05, 0.1) is 29.7 Å². The van der Waals surface area contributed by atoms with Crippen molar-refractivity contribution in [1.82, 2.24) is 5.32 Å². The molecule has 0 saturated heterocycles. The molecule has 1 atom stereocenters. The van der Waals surface area contributed by atoms with Crippen molar-refractivity contribution in [3.63, 3.8) is 0 Å². The van der Waals surface area contributed by atoms with E-state index < -0.39 is 15.9 Å². The SMILES string of the molecule is COc1cc(C(C)NC(=O)c2cc(S(N)(=O)=O)ccc2Br)ccc1OC(C)C. The monoisotopic (exact) mass is 470 g/mol. The number of methoxy groups -OCH3 is 1. The van der Waals surface area contributed by atoms with Crippen molar-refractivity contribution in [2.24, 2.45) is 5.14 Å². The molecule has 0 saturated carbocycles. The third-order valence-corrected chi connectivity index (χ3v) is 5.51. The molecule has 0 aliphatic heterocycles. The number of nitrogens with two attached hydrogens (primary N) is 1. The molecule has 152 valence electrons. The Morgan fingerprint density at radius 2 is 1.79 bits per heavy atom. The first-order valence-corrected chi connectivity index (χ1v) is 10.8. The summed E-state index contributed by atoms with van der Waals surface area (Å²) >= 11 is 3.27. The fourth-order valence-electron chi connectivity index (χ4n) is 2.52. The lowest BCUT2D eigenvalue weighted by molar-refractivity contribution is 0.0939. The minimum Gasteiger partial charge on any atom is -0.493 e. The lowest BCUT2D eigenvalue weighted by Crippen LogP contribution is -2.27. The number of halogens is 1. The molecule has 0 fully saturated rings. The number of hydrogen-bond donors (Lipinski definition) is 2. The van der Waals surface area contributed by atoms with Crippen LogP contribution >= 0.6 is 15.9 Å². The summed E-state index contributed by atoms with van der Waals surface area (Å²) in [5, 5.41) is 7.99. The van der Waals surface area contributed by atoms with Gasteiger partial charge in [-0.25, -0.2) is 13.6 Å². The van der Waals surface area contributed by atoms with Crippen LogP contribution in [0.5, 0.6) is 11.5 Å². The van der Waals surface area contributed by atoms with Crippen LogP contribution in [0.25, 0.3) is 0 Å². The van der Waals surface area contributed by atoms with E-state index in [1.807, 2.05) is 26.8 Å². The van der Waals surface area contributed by atoms with Crippen LogP contribution in [0.2, 0.25) is 0 Å². The summed E-state index contributed by atoms with van der Waals surface area (Å²) in [6.07, 6.45) is 0.000303. The van der Waals surface area contributed by atoms with Gasteiger partial charge >= 0.3 is 0 Å². The molecule has 7 nitrogen and oxygen atoms in total. The molecule has 0 aliphatic rings. The van der Waals surface area contributed by atoms with E-state index in [-0.39, 0.29) is 22.6 Å². The van der Waals surface area contributed by atoms with E-state index in [2.05, 4.69) is 21.2 Å². The van der Waals surface area contributed by atoms with Crippen molar-refractivity contribution in [3.8, 4) is 11.5 Å². The quantitative estimate of drug-likeness (QED) is 0.644. The Kier molecular flexibility index (Phi) is 7.08. The maximum atomic E-state index is 12.7. The highest BCUT2D eigenvalue weighted by atomic mass is 79.9. The molecule has 1 unspecified atom stereocenters. The van der Waals surface area contributed by atoms with Crippen molar-refractivity contribution >= 4 is 31.9 Å². The van der Waals surface area contributed by atoms with Gasteiger partial charge in [-0.05, 0) is 72.6 Å². The highest BCUT2D eigenvalue weighted by molar-refractivity contribution is 9.10. The van der Waals surface area contributed by atoms with Crippen LogP contribution < -0.4 is 19.9 Å². The Hall–Kier alpha value is -2.10. The summed E-state index contributed by atoms with van der Waals surface area (Å²) in [5.74, 6) is 0.736. The summed E-state index contributed by atoms with van der Waals surface area (Å²) in [5.41, 5.74) is 0.977. The van der Waals surface area contributed by atoms with Crippen LogP contribution in [0.3, 0.4) is 0 Å². The molecule has 3 N–H and O–H groups in total. The second kappa shape index (κ2) is 8.93. The summed E-state index contributed by atoms with van der Waals surface area (Å²) in [6.45, 7) is 5.65. The molecular formula is C19H23BrN2O5S. The molecule has 2 rings (SSSR count). The zero-order valence-corrected chi connectivity index (χ0v) is 18.4. The first-order chi connectivity index (χ1) is 13.0. The van der Waals surface area contributed by atoms with Crippen molar-refractivity contribution in [3.05, 3.63) is 52.0 Å². The average molecular weight is 471 g/mol. The van der Waals surface area contributed by atoms with Crippen LogP contribution in [0.4, 0.5) is 0 Å². The number of amides is 1. The Labute approximate surface area is 173 Å². The van der Waals surface area contributed by atoms with Crippen molar-refractivity contribution < 1.29 is 22.7 Å². The van der Waals surface area contributed by atoms with Crippen molar-refractivity contribution in [2.75, 3.05) is 7.11 Å². The third-order valence-electron chi connectivity index (χ3n) is 3.91. The van der Waals surface area contributed by atoms with Gasteiger partial charge in [0, 0.05) is 4.47 Å². The van der Waals surface area contributed by atoms with E-state index in [9.17, 15) is 13.2 Å². The Bertz CT molecular complexity index is 976. The Morgan fingerprint density at radius 1 is 1.11 bits per heavy atom. The van der Waals surface area contributed by atoms with E-state index in [0.29, 0.717) is 16.0 Å². The number of hydrogen-bond acceptors (Lipinski definition) is 5. The predicted octanol–water partition coefficient (Wildman–Crippen LogP) is 3.38. The second-order valence-corrected chi connectivity index (χ2v) is 8.87. The number of sulfonamides is 1. The molecule has 2 aromatic rings. The highest BCUT2D eigenvalue weighted by Crippen LogP contribution is 2.31.